The van der Waals surface area contributed by atoms with Crippen LogP contribution in [0.3, 0.4) is 0 Å². The molecule has 0 bridgehead atoms. The number of phenolic OH excluding ortho intramolecular Hbond substituents is 1. The van der Waals surface area contributed by atoms with Gasteiger partial charge in [-0.15, -0.1) is 0 Å². The zero-order valence-electron chi connectivity index (χ0n) is 8.86. The number of benzene rings is 1. The molecule has 15 heavy (non-hydrogen) atoms. The molecule has 1 rings (SSSR count). The van der Waals surface area contributed by atoms with Gasteiger partial charge in [0.05, 0.1) is 12.7 Å². The molecule has 0 amide bonds. The van der Waals surface area contributed by atoms with Crippen molar-refractivity contribution in [3.8, 4) is 5.75 Å². The molecule has 1 aromatic rings. The minimum Gasteiger partial charge on any atom is -0.507 e. The lowest BCUT2D eigenvalue weighted by molar-refractivity contribution is 0.0600. The number of phenols is 1. The summed E-state index contributed by atoms with van der Waals surface area (Å²) in [5.41, 5.74) is 1.06. The maximum absolute atomic E-state index is 11.2. The van der Waals surface area contributed by atoms with Crippen LogP contribution in [0.4, 0.5) is 0 Å². The second kappa shape index (κ2) is 5.20. The van der Waals surface area contributed by atoms with Gasteiger partial charge in [0.2, 0.25) is 0 Å². The van der Waals surface area contributed by atoms with Crippen LogP contribution in [0.1, 0.15) is 29.3 Å². The largest absolute Gasteiger partial charge is 0.507 e. The summed E-state index contributed by atoms with van der Waals surface area (Å²) in [4.78, 5) is 11.2. The second-order valence-corrected chi connectivity index (χ2v) is 3.08. The molecular weight excluding hydrogens is 192 g/mol. The summed E-state index contributed by atoms with van der Waals surface area (Å²) in [5.74, 6) is -0.242. The average molecular weight is 206 g/mol. The molecule has 0 radical (unpaired) electrons. The molecule has 0 saturated heterocycles. The fourth-order valence-electron chi connectivity index (χ4n) is 1.18. The summed E-state index contributed by atoms with van der Waals surface area (Å²) in [6.07, 6.45) is 4.57. The van der Waals surface area contributed by atoms with E-state index in [0.717, 1.165) is 6.42 Å². The molecular formula is C12H14O3. The number of aromatic hydroxyl groups is 1. The molecule has 0 aliphatic rings. The molecule has 0 aromatic heterocycles. The minimum atomic E-state index is -0.402. The average Bonchev–Trinajstić information content (AvgIpc) is 2.27. The summed E-state index contributed by atoms with van der Waals surface area (Å²) < 4.78 is 4.59. The fraction of sp³-hybridized carbons (Fsp3) is 0.250. The van der Waals surface area contributed by atoms with E-state index in [1.807, 2.05) is 13.0 Å². The van der Waals surface area contributed by atoms with Crippen molar-refractivity contribution in [1.82, 2.24) is 0 Å². The van der Waals surface area contributed by atoms with Gasteiger partial charge in [0.15, 0.2) is 0 Å². The first-order valence-corrected chi connectivity index (χ1v) is 4.77. The highest BCUT2D eigenvalue weighted by Crippen LogP contribution is 2.20. The van der Waals surface area contributed by atoms with Gasteiger partial charge in [-0.3, -0.25) is 0 Å². The Morgan fingerprint density at radius 3 is 2.87 bits per heavy atom. The molecule has 0 aliphatic carbocycles. The van der Waals surface area contributed by atoms with Crippen LogP contribution < -0.4 is 0 Å². The number of hydrogen-bond acceptors (Lipinski definition) is 3. The van der Waals surface area contributed by atoms with Crippen LogP contribution in [-0.2, 0) is 4.74 Å². The lowest BCUT2D eigenvalue weighted by Gasteiger charge is -2.02. The number of ether oxygens (including phenoxy) is 1. The molecule has 3 nitrogen and oxygen atoms in total. The van der Waals surface area contributed by atoms with Crippen LogP contribution in [-0.4, -0.2) is 18.2 Å². The van der Waals surface area contributed by atoms with Crippen molar-refractivity contribution in [3.63, 3.8) is 0 Å². The topological polar surface area (TPSA) is 46.5 Å². The number of rotatable bonds is 3. The maximum Gasteiger partial charge on any atom is 0.337 e. The van der Waals surface area contributed by atoms with Crippen molar-refractivity contribution in [3.05, 3.63) is 35.4 Å². The van der Waals surface area contributed by atoms with E-state index < -0.39 is 5.97 Å². The van der Waals surface area contributed by atoms with Gasteiger partial charge in [-0.25, -0.2) is 4.79 Å². The third kappa shape index (κ3) is 2.84. The van der Waals surface area contributed by atoms with Gasteiger partial charge in [-0.2, -0.15) is 0 Å². The van der Waals surface area contributed by atoms with E-state index in [4.69, 9.17) is 0 Å². The van der Waals surface area contributed by atoms with Crippen molar-refractivity contribution < 1.29 is 14.6 Å². The van der Waals surface area contributed by atoms with Crippen molar-refractivity contribution in [2.75, 3.05) is 7.11 Å². The molecule has 0 fully saturated rings. The third-order valence-electron chi connectivity index (χ3n) is 1.98. The summed E-state index contributed by atoms with van der Waals surface area (Å²) in [7, 11) is 1.33. The Kier molecular flexibility index (Phi) is 3.92. The normalized spacial score (nSPS) is 10.5. The smallest absolute Gasteiger partial charge is 0.337 e. The Morgan fingerprint density at radius 1 is 1.53 bits per heavy atom. The van der Waals surface area contributed by atoms with Crippen LogP contribution >= 0.6 is 0 Å². The molecule has 0 aliphatic heterocycles. The summed E-state index contributed by atoms with van der Waals surface area (Å²) >= 11 is 0. The van der Waals surface area contributed by atoms with Gasteiger partial charge in [0.1, 0.15) is 5.75 Å². The van der Waals surface area contributed by atoms with E-state index >= 15 is 0 Å². The van der Waals surface area contributed by atoms with Crippen molar-refractivity contribution in [2.24, 2.45) is 0 Å². The number of hydrogen-bond donors (Lipinski definition) is 1. The van der Waals surface area contributed by atoms with Crippen LogP contribution in [0.15, 0.2) is 24.3 Å². The fourth-order valence-corrected chi connectivity index (χ4v) is 1.18. The number of esters is 1. The number of carbonyl (C=O) groups excluding carboxylic acids is 1. The second-order valence-electron chi connectivity index (χ2n) is 3.08. The molecule has 80 valence electrons. The van der Waals surface area contributed by atoms with E-state index in [-0.39, 0.29) is 5.75 Å². The molecule has 1 N–H and O–H groups in total. The molecule has 0 saturated carbocycles. The van der Waals surface area contributed by atoms with E-state index in [0.29, 0.717) is 11.1 Å². The van der Waals surface area contributed by atoms with Gasteiger partial charge in [-0.05, 0) is 24.6 Å². The molecule has 0 unspecified atom stereocenters. The van der Waals surface area contributed by atoms with Gasteiger partial charge in [0.25, 0.3) is 0 Å². The Hall–Kier alpha value is -1.77. The Morgan fingerprint density at radius 2 is 2.27 bits per heavy atom. The highest BCUT2D eigenvalue weighted by Gasteiger charge is 2.07. The van der Waals surface area contributed by atoms with Crippen LogP contribution in [0.25, 0.3) is 6.08 Å². The first kappa shape index (κ1) is 11.3. The van der Waals surface area contributed by atoms with Crippen molar-refractivity contribution in [1.29, 1.82) is 0 Å². The summed E-state index contributed by atoms with van der Waals surface area (Å²) in [6.45, 7) is 2.00. The number of methoxy groups -OCH3 is 1. The molecule has 0 heterocycles. The molecule has 3 heteroatoms. The van der Waals surface area contributed by atoms with Gasteiger partial charge >= 0.3 is 5.97 Å². The van der Waals surface area contributed by atoms with E-state index in [9.17, 15) is 9.90 Å². The maximum atomic E-state index is 11.2. The first-order chi connectivity index (χ1) is 7.19. The number of carbonyl (C=O) groups is 1. The van der Waals surface area contributed by atoms with Crippen molar-refractivity contribution >= 4 is 12.0 Å². The van der Waals surface area contributed by atoms with Gasteiger partial charge < -0.3 is 9.84 Å². The van der Waals surface area contributed by atoms with Crippen LogP contribution in [0, 0.1) is 0 Å². The SMILES string of the molecule is CC/C=C/c1cc(C(=O)OC)ccc1O. The lowest BCUT2D eigenvalue weighted by Crippen LogP contribution is -2.00. The summed E-state index contributed by atoms with van der Waals surface area (Å²) in [6, 6.07) is 4.62. The Bertz CT molecular complexity index is 380. The quantitative estimate of drug-likeness (QED) is 0.773. The van der Waals surface area contributed by atoms with Crippen LogP contribution in [0.5, 0.6) is 5.75 Å². The summed E-state index contributed by atoms with van der Waals surface area (Å²) in [5, 5.41) is 9.51. The first-order valence-electron chi connectivity index (χ1n) is 4.77. The predicted octanol–water partition coefficient (Wildman–Crippen LogP) is 2.60. The monoisotopic (exact) mass is 206 g/mol. The van der Waals surface area contributed by atoms with Crippen molar-refractivity contribution in [2.45, 2.75) is 13.3 Å². The predicted molar refractivity (Wildman–Crippen MR) is 58.8 cm³/mol. The Balaban J connectivity index is 3.05. The standard InChI is InChI=1S/C12H14O3/c1-3-4-5-9-8-10(12(14)15-2)6-7-11(9)13/h4-8,13H,3H2,1-2H3/b5-4+. The van der Waals surface area contributed by atoms with Gasteiger partial charge in [0, 0.05) is 5.56 Å². The zero-order chi connectivity index (χ0) is 11.3. The lowest BCUT2D eigenvalue weighted by atomic mass is 10.1. The van der Waals surface area contributed by atoms with Crippen LogP contribution in [0.2, 0.25) is 0 Å². The Labute approximate surface area is 89.0 Å². The van der Waals surface area contributed by atoms with Gasteiger partial charge in [-0.1, -0.05) is 19.1 Å². The number of allylic oxidation sites excluding steroid dienone is 1. The third-order valence-corrected chi connectivity index (χ3v) is 1.98. The zero-order valence-corrected chi connectivity index (χ0v) is 8.86. The molecule has 1 aromatic carbocycles. The highest BCUT2D eigenvalue weighted by molar-refractivity contribution is 5.90. The minimum absolute atomic E-state index is 0.160. The molecule has 0 atom stereocenters. The van der Waals surface area contributed by atoms with E-state index in [1.165, 1.54) is 19.2 Å². The van der Waals surface area contributed by atoms with E-state index in [1.54, 1.807) is 12.1 Å². The highest BCUT2D eigenvalue weighted by atomic mass is 16.5. The van der Waals surface area contributed by atoms with E-state index in [2.05, 4.69) is 4.74 Å². The molecule has 0 spiro atoms.